The van der Waals surface area contributed by atoms with Gasteiger partial charge >= 0.3 is 12.4 Å². The fourth-order valence-corrected chi connectivity index (χ4v) is 5.98. The molecule has 0 bridgehead atoms. The molecule has 13 heteroatoms. The molecule has 2 aliphatic rings. The van der Waals surface area contributed by atoms with Gasteiger partial charge in [0.05, 0.1) is 29.2 Å². The van der Waals surface area contributed by atoms with Gasteiger partial charge in [-0.3, -0.25) is 4.79 Å². The van der Waals surface area contributed by atoms with Crippen molar-refractivity contribution in [1.82, 2.24) is 9.47 Å². The van der Waals surface area contributed by atoms with E-state index < -0.39 is 35.6 Å². The molecular formula is C29H25F6N3O3S. The fraction of sp³-hybridized carbons (Fsp3) is 0.310. The molecule has 1 unspecified atom stereocenters. The monoisotopic (exact) mass is 609 g/mol. The summed E-state index contributed by atoms with van der Waals surface area (Å²) in [4.78, 5) is 19.6. The number of carbonyl (C=O) groups is 1. The van der Waals surface area contributed by atoms with E-state index in [2.05, 4.69) is 27.4 Å². The summed E-state index contributed by atoms with van der Waals surface area (Å²) in [5.74, 6) is -0.131. The van der Waals surface area contributed by atoms with Crippen LogP contribution in [-0.2, 0) is 30.3 Å². The predicted molar refractivity (Wildman–Crippen MR) is 146 cm³/mol. The van der Waals surface area contributed by atoms with Gasteiger partial charge in [0.25, 0.3) is 5.91 Å². The van der Waals surface area contributed by atoms with Gasteiger partial charge in [0.15, 0.2) is 16.7 Å². The summed E-state index contributed by atoms with van der Waals surface area (Å²) in [7, 11) is 1.34. The second-order valence-corrected chi connectivity index (χ2v) is 10.6. The lowest BCUT2D eigenvalue weighted by molar-refractivity contribution is -0.143. The fourth-order valence-electron chi connectivity index (χ4n) is 4.99. The highest BCUT2D eigenvalue weighted by Gasteiger charge is 2.38. The Hall–Kier alpha value is -3.87. The Kier molecular flexibility index (Phi) is 8.06. The number of halogens is 6. The molecule has 1 atom stereocenters. The summed E-state index contributed by atoms with van der Waals surface area (Å²) in [6, 6.07) is 10.2. The van der Waals surface area contributed by atoms with E-state index in [-0.39, 0.29) is 29.5 Å². The zero-order valence-electron chi connectivity index (χ0n) is 22.4. The number of fused-ring (bicyclic) bond motifs is 1. The lowest BCUT2D eigenvalue weighted by atomic mass is 10.0. The largest absolute Gasteiger partial charge is 0.493 e. The Balaban J connectivity index is 1.32. The Morgan fingerprint density at radius 3 is 2.50 bits per heavy atom. The first kappa shape index (κ1) is 29.6. The molecule has 5 rings (SSSR count). The van der Waals surface area contributed by atoms with Gasteiger partial charge < -0.3 is 18.9 Å². The lowest BCUT2D eigenvalue weighted by Gasteiger charge is -2.37. The molecule has 0 fully saturated rings. The Morgan fingerprint density at radius 1 is 1.02 bits per heavy atom. The average molecular weight is 610 g/mol. The van der Waals surface area contributed by atoms with Crippen LogP contribution in [0.15, 0.2) is 64.6 Å². The van der Waals surface area contributed by atoms with Gasteiger partial charge in [0.2, 0.25) is 0 Å². The number of aliphatic imine (C=N–C) groups is 1. The van der Waals surface area contributed by atoms with Crippen LogP contribution >= 0.6 is 11.8 Å². The number of rotatable bonds is 6. The second kappa shape index (κ2) is 11.4. The number of benzene rings is 2. The molecule has 1 amide bonds. The molecule has 1 aromatic heterocycles. The van der Waals surface area contributed by atoms with E-state index in [1.807, 2.05) is 12.3 Å². The van der Waals surface area contributed by atoms with Crippen LogP contribution in [-0.4, -0.2) is 34.2 Å². The number of alkyl halides is 6. The lowest BCUT2D eigenvalue weighted by Crippen LogP contribution is -2.40. The summed E-state index contributed by atoms with van der Waals surface area (Å²) in [5.41, 5.74) is -1.57. The van der Waals surface area contributed by atoms with Crippen molar-refractivity contribution in [3.63, 3.8) is 0 Å². The van der Waals surface area contributed by atoms with Crippen molar-refractivity contribution in [1.29, 1.82) is 0 Å². The van der Waals surface area contributed by atoms with Crippen molar-refractivity contribution in [3.05, 3.63) is 87.6 Å². The molecule has 0 spiro atoms. The number of ether oxygens (including phenoxy) is 2. The van der Waals surface area contributed by atoms with Crippen molar-refractivity contribution in [2.24, 2.45) is 4.99 Å². The molecule has 0 N–H and O–H groups in total. The highest BCUT2D eigenvalue weighted by atomic mass is 32.2. The zero-order chi connectivity index (χ0) is 30.2. The van der Waals surface area contributed by atoms with Crippen LogP contribution in [0.25, 0.3) is 6.08 Å². The predicted octanol–water partition coefficient (Wildman–Crippen LogP) is 7.55. The van der Waals surface area contributed by atoms with Crippen LogP contribution in [0.4, 0.5) is 26.3 Å². The molecule has 0 radical (unpaired) electrons. The molecule has 2 aliphatic heterocycles. The minimum atomic E-state index is -5.01. The molecule has 0 aliphatic carbocycles. The molecule has 42 heavy (non-hydrogen) atoms. The molecule has 6 nitrogen and oxygen atoms in total. The van der Waals surface area contributed by atoms with E-state index in [0.717, 1.165) is 24.7 Å². The quantitative estimate of drug-likeness (QED) is 0.213. The van der Waals surface area contributed by atoms with Gasteiger partial charge in [-0.05, 0) is 66.2 Å². The number of carbonyl (C=O) groups excluding carboxylic acids is 1. The maximum absolute atomic E-state index is 13.5. The summed E-state index contributed by atoms with van der Waals surface area (Å²) in [6.45, 7) is 2.92. The van der Waals surface area contributed by atoms with Gasteiger partial charge in [-0.1, -0.05) is 19.1 Å². The number of aromatic nitrogens is 1. The number of hydrogen-bond donors (Lipinski definition) is 0. The van der Waals surface area contributed by atoms with Crippen LogP contribution in [0, 0.1) is 0 Å². The molecule has 2 aromatic carbocycles. The van der Waals surface area contributed by atoms with E-state index in [4.69, 9.17) is 9.47 Å². The van der Waals surface area contributed by atoms with Crippen molar-refractivity contribution >= 4 is 28.9 Å². The standard InChI is InChI=1S/C29H25F6N3O3S/c1-3-21-22-5-4-10-37(22)11-12-38(21)27-36-26(39)25(42-27)14-17-6-9-23(24(13-17)40-2)41-16-18-7-8-19(28(30,31)32)15-20(18)29(33,34)35/h4-10,13-15,21H,3,11-12,16H2,1-2H3/b25-14-. The van der Waals surface area contributed by atoms with E-state index in [1.54, 1.807) is 18.2 Å². The van der Waals surface area contributed by atoms with E-state index in [0.29, 0.717) is 28.2 Å². The summed E-state index contributed by atoms with van der Waals surface area (Å²) in [6.07, 6.45) is -5.42. The van der Waals surface area contributed by atoms with Crippen LogP contribution < -0.4 is 9.47 Å². The van der Waals surface area contributed by atoms with E-state index >= 15 is 0 Å². The third-order valence-electron chi connectivity index (χ3n) is 7.02. The second-order valence-electron chi connectivity index (χ2n) is 9.62. The molecule has 3 aromatic rings. The average Bonchev–Trinajstić information content (AvgIpc) is 3.57. The van der Waals surface area contributed by atoms with Crippen LogP contribution in [0.5, 0.6) is 11.5 Å². The summed E-state index contributed by atoms with van der Waals surface area (Å²) < 4.78 is 92.5. The first-order valence-electron chi connectivity index (χ1n) is 12.9. The van der Waals surface area contributed by atoms with Crippen molar-refractivity contribution in [2.75, 3.05) is 13.7 Å². The zero-order valence-corrected chi connectivity index (χ0v) is 23.2. The first-order chi connectivity index (χ1) is 19.9. The number of nitrogens with zero attached hydrogens (tertiary/aromatic N) is 3. The molecule has 0 saturated heterocycles. The molecule has 222 valence electrons. The Bertz CT molecular complexity index is 1560. The maximum Gasteiger partial charge on any atom is 0.416 e. The minimum Gasteiger partial charge on any atom is -0.493 e. The minimum absolute atomic E-state index is 0.0715. The van der Waals surface area contributed by atoms with E-state index in [9.17, 15) is 31.1 Å². The number of amides is 1. The smallest absolute Gasteiger partial charge is 0.416 e. The molecular weight excluding hydrogens is 584 g/mol. The third-order valence-corrected chi connectivity index (χ3v) is 8.04. The number of hydrogen-bond acceptors (Lipinski definition) is 5. The van der Waals surface area contributed by atoms with E-state index in [1.165, 1.54) is 24.9 Å². The normalized spacial score (nSPS) is 18.3. The first-order valence-corrected chi connectivity index (χ1v) is 13.7. The Morgan fingerprint density at radius 2 is 1.81 bits per heavy atom. The van der Waals surface area contributed by atoms with Crippen molar-refractivity contribution in [2.45, 2.75) is 44.9 Å². The van der Waals surface area contributed by atoms with Crippen molar-refractivity contribution < 1.29 is 40.6 Å². The van der Waals surface area contributed by atoms with Gasteiger partial charge in [0.1, 0.15) is 6.61 Å². The van der Waals surface area contributed by atoms with Crippen LogP contribution in [0.2, 0.25) is 0 Å². The van der Waals surface area contributed by atoms with Crippen LogP contribution in [0.3, 0.4) is 0 Å². The topological polar surface area (TPSA) is 56.1 Å². The van der Waals surface area contributed by atoms with Crippen LogP contribution in [0.1, 0.15) is 47.3 Å². The SMILES string of the molecule is CCC1c2cccn2CCN1C1=NC(=O)/C(=C/c2ccc(OCc3ccc(C(F)(F)F)cc3C(F)(F)F)c(OC)c2)S1. The number of thioether (sulfide) groups is 1. The summed E-state index contributed by atoms with van der Waals surface area (Å²) in [5, 5.41) is 0.620. The van der Waals surface area contributed by atoms with Crippen molar-refractivity contribution in [3.8, 4) is 11.5 Å². The third kappa shape index (κ3) is 6.01. The Labute approximate surface area is 241 Å². The molecule has 3 heterocycles. The number of amidine groups is 1. The number of methoxy groups -OCH3 is 1. The highest BCUT2D eigenvalue weighted by Crippen LogP contribution is 2.40. The van der Waals surface area contributed by atoms with Gasteiger partial charge in [-0.2, -0.15) is 31.3 Å². The highest BCUT2D eigenvalue weighted by molar-refractivity contribution is 8.18. The summed E-state index contributed by atoms with van der Waals surface area (Å²) >= 11 is 1.27. The molecule has 0 saturated carbocycles. The van der Waals surface area contributed by atoms with Gasteiger partial charge in [0, 0.05) is 30.5 Å². The maximum atomic E-state index is 13.5. The van der Waals surface area contributed by atoms with Gasteiger partial charge in [-0.25, -0.2) is 0 Å². The van der Waals surface area contributed by atoms with Gasteiger partial charge in [-0.15, -0.1) is 0 Å².